The highest BCUT2D eigenvalue weighted by Crippen LogP contribution is 2.41. The van der Waals surface area contributed by atoms with Crippen LogP contribution in [0, 0.1) is 5.92 Å². The molecule has 0 aromatic heterocycles. The highest BCUT2D eigenvalue weighted by molar-refractivity contribution is 6.35. The van der Waals surface area contributed by atoms with E-state index in [1.807, 2.05) is 30.3 Å². The van der Waals surface area contributed by atoms with E-state index in [1.54, 1.807) is 48.5 Å². The lowest BCUT2D eigenvalue weighted by molar-refractivity contribution is -0.130. The molecule has 0 spiro atoms. The molecule has 3 aromatic carbocycles. The Labute approximate surface area is 172 Å². The van der Waals surface area contributed by atoms with Crippen LogP contribution in [0.5, 0.6) is 0 Å². The third kappa shape index (κ3) is 2.63. The number of ketones is 2. The normalized spacial score (nSPS) is 20.3. The second-order valence-corrected chi connectivity index (χ2v) is 7.52. The molecule has 5 heteroatoms. The molecule has 3 aromatic rings. The highest BCUT2D eigenvalue weighted by atomic mass is 16.2. The second-order valence-electron chi connectivity index (χ2n) is 7.52. The van der Waals surface area contributed by atoms with Crippen LogP contribution >= 0.6 is 0 Å². The number of hydrogen-bond donors (Lipinski definition) is 0. The van der Waals surface area contributed by atoms with Crippen LogP contribution in [0.2, 0.25) is 0 Å². The topological polar surface area (TPSA) is 71.5 Å². The molecule has 1 heterocycles. The molecule has 0 radical (unpaired) electrons. The molecule has 0 saturated carbocycles. The van der Waals surface area contributed by atoms with Crippen LogP contribution in [0.3, 0.4) is 0 Å². The number of Topliss-reactive ketones (excluding diaryl/α,β-unsaturated/α-hetero) is 2. The van der Waals surface area contributed by atoms with E-state index < -0.39 is 29.4 Å². The lowest BCUT2D eigenvalue weighted by Gasteiger charge is -2.37. The molecule has 1 aliphatic heterocycles. The van der Waals surface area contributed by atoms with Gasteiger partial charge in [0.2, 0.25) is 5.91 Å². The van der Waals surface area contributed by atoms with E-state index in [9.17, 15) is 19.2 Å². The quantitative estimate of drug-likeness (QED) is 0.502. The van der Waals surface area contributed by atoms with Crippen molar-refractivity contribution in [3.05, 3.63) is 101 Å². The summed E-state index contributed by atoms with van der Waals surface area (Å²) in [6.45, 7) is 0. The summed E-state index contributed by atoms with van der Waals surface area (Å²) in [7, 11) is 0. The Bertz CT molecular complexity index is 1200. The predicted molar refractivity (Wildman–Crippen MR) is 110 cm³/mol. The van der Waals surface area contributed by atoms with Gasteiger partial charge in [0.25, 0.3) is 5.91 Å². The maximum atomic E-state index is 13.4. The van der Waals surface area contributed by atoms with Crippen LogP contribution in [-0.4, -0.2) is 23.4 Å². The van der Waals surface area contributed by atoms with Gasteiger partial charge in [0.05, 0.1) is 11.6 Å². The molecule has 2 aliphatic rings. The van der Waals surface area contributed by atoms with Crippen molar-refractivity contribution in [2.45, 2.75) is 12.3 Å². The molecule has 146 valence electrons. The molecule has 0 N–H and O–H groups in total. The summed E-state index contributed by atoms with van der Waals surface area (Å²) in [4.78, 5) is 54.2. The molecule has 2 unspecified atom stereocenters. The lowest BCUT2D eigenvalue weighted by Crippen LogP contribution is -2.52. The van der Waals surface area contributed by atoms with Gasteiger partial charge in [-0.25, -0.2) is 4.90 Å². The summed E-state index contributed by atoms with van der Waals surface area (Å²) in [5, 5.41) is 0. The van der Waals surface area contributed by atoms with E-state index in [2.05, 4.69) is 0 Å². The van der Waals surface area contributed by atoms with E-state index in [0.29, 0.717) is 11.3 Å². The molecule has 5 nitrogen and oxygen atoms in total. The van der Waals surface area contributed by atoms with Gasteiger partial charge in [0.1, 0.15) is 5.92 Å². The predicted octanol–water partition coefficient (Wildman–Crippen LogP) is 3.58. The number of carbonyl (C=O) groups is 4. The average Bonchev–Trinajstić information content (AvgIpc) is 2.77. The highest BCUT2D eigenvalue weighted by Gasteiger charge is 2.51. The minimum atomic E-state index is -1.15. The lowest BCUT2D eigenvalue weighted by atomic mass is 9.69. The molecule has 0 bridgehead atoms. The van der Waals surface area contributed by atoms with Crippen molar-refractivity contribution < 1.29 is 19.2 Å². The van der Waals surface area contributed by atoms with Crippen LogP contribution in [0.15, 0.2) is 78.9 Å². The van der Waals surface area contributed by atoms with E-state index in [4.69, 9.17) is 0 Å². The van der Waals surface area contributed by atoms with Crippen LogP contribution in [-0.2, 0) is 16.0 Å². The van der Waals surface area contributed by atoms with Crippen LogP contribution in [0.1, 0.15) is 37.8 Å². The van der Waals surface area contributed by atoms with Crippen LogP contribution in [0.4, 0.5) is 5.69 Å². The van der Waals surface area contributed by atoms with Gasteiger partial charge in [-0.1, -0.05) is 60.7 Å². The first-order valence-corrected chi connectivity index (χ1v) is 9.76. The van der Waals surface area contributed by atoms with Crippen molar-refractivity contribution in [2.24, 2.45) is 5.92 Å². The Hall–Kier alpha value is -3.86. The van der Waals surface area contributed by atoms with Gasteiger partial charge in [0, 0.05) is 11.1 Å². The number of para-hydroxylation sites is 1. The maximum absolute atomic E-state index is 13.4. The summed E-state index contributed by atoms with van der Waals surface area (Å²) >= 11 is 0. The van der Waals surface area contributed by atoms with E-state index in [-0.39, 0.29) is 23.3 Å². The SMILES string of the molecule is O=C1c2cccc3c2C(C(=O)C1Cc1ccccc1)C(=O)N(c1ccccc1)C3=O. The first-order chi connectivity index (χ1) is 14.6. The number of amides is 2. The van der Waals surface area contributed by atoms with Crippen molar-refractivity contribution in [1.29, 1.82) is 0 Å². The molecule has 30 heavy (non-hydrogen) atoms. The summed E-state index contributed by atoms with van der Waals surface area (Å²) < 4.78 is 0. The Balaban J connectivity index is 1.65. The van der Waals surface area contributed by atoms with Crippen molar-refractivity contribution in [1.82, 2.24) is 0 Å². The van der Waals surface area contributed by atoms with Crippen molar-refractivity contribution in [2.75, 3.05) is 4.90 Å². The number of benzene rings is 3. The first kappa shape index (κ1) is 18.2. The van der Waals surface area contributed by atoms with Crippen molar-refractivity contribution in [3.8, 4) is 0 Å². The van der Waals surface area contributed by atoms with Crippen molar-refractivity contribution >= 4 is 29.1 Å². The zero-order valence-electron chi connectivity index (χ0n) is 15.9. The smallest absolute Gasteiger partial charge is 0.265 e. The molecule has 2 atom stereocenters. The van der Waals surface area contributed by atoms with Crippen LogP contribution in [0.25, 0.3) is 0 Å². The fraction of sp³-hybridized carbons (Fsp3) is 0.120. The number of anilines is 1. The zero-order chi connectivity index (χ0) is 20.8. The van der Waals surface area contributed by atoms with Crippen molar-refractivity contribution in [3.63, 3.8) is 0 Å². The van der Waals surface area contributed by atoms with Gasteiger partial charge in [-0.3, -0.25) is 19.2 Å². The second kappa shape index (κ2) is 6.88. The Morgan fingerprint density at radius 1 is 0.700 bits per heavy atom. The van der Waals surface area contributed by atoms with E-state index in [0.717, 1.165) is 10.5 Å². The van der Waals surface area contributed by atoms with Gasteiger partial charge in [-0.2, -0.15) is 0 Å². The Kier molecular flexibility index (Phi) is 4.17. The monoisotopic (exact) mass is 395 g/mol. The largest absolute Gasteiger partial charge is 0.298 e. The number of carbonyl (C=O) groups excluding carboxylic acids is 4. The van der Waals surface area contributed by atoms with Gasteiger partial charge in [0.15, 0.2) is 11.6 Å². The molecule has 0 fully saturated rings. The van der Waals surface area contributed by atoms with Gasteiger partial charge >= 0.3 is 0 Å². The number of hydrogen-bond acceptors (Lipinski definition) is 4. The van der Waals surface area contributed by atoms with Crippen LogP contribution < -0.4 is 4.90 Å². The van der Waals surface area contributed by atoms with E-state index in [1.165, 1.54) is 0 Å². The van der Waals surface area contributed by atoms with E-state index >= 15 is 0 Å². The molecule has 1 aliphatic carbocycles. The minimum Gasteiger partial charge on any atom is -0.298 e. The maximum Gasteiger partial charge on any atom is 0.265 e. The standard InChI is InChI=1S/C25H17NO4/c27-22-17-12-7-13-18-20(17)21(23(28)19(22)14-15-8-3-1-4-9-15)25(30)26(24(18)29)16-10-5-2-6-11-16/h1-13,19,21H,14H2. The summed E-state index contributed by atoms with van der Waals surface area (Å²) in [6.07, 6.45) is 0.227. The molecular weight excluding hydrogens is 378 g/mol. The summed E-state index contributed by atoms with van der Waals surface area (Å²) in [6, 6.07) is 22.7. The fourth-order valence-electron chi connectivity index (χ4n) is 4.40. The number of nitrogens with zero attached hydrogens (tertiary/aromatic N) is 1. The Morgan fingerprint density at radius 2 is 1.33 bits per heavy atom. The van der Waals surface area contributed by atoms with Gasteiger partial charge in [-0.15, -0.1) is 0 Å². The summed E-state index contributed by atoms with van der Waals surface area (Å²) in [5.41, 5.74) is 2.06. The molecule has 5 rings (SSSR count). The fourth-order valence-corrected chi connectivity index (χ4v) is 4.40. The summed E-state index contributed by atoms with van der Waals surface area (Å²) in [5.74, 6) is -3.98. The van der Waals surface area contributed by atoms with Gasteiger partial charge < -0.3 is 0 Å². The molecule has 2 amide bonds. The number of rotatable bonds is 3. The van der Waals surface area contributed by atoms with Gasteiger partial charge in [-0.05, 0) is 35.7 Å². The number of imide groups is 1. The third-order valence-electron chi connectivity index (χ3n) is 5.80. The molecular formula is C25H17NO4. The Morgan fingerprint density at radius 3 is 2.03 bits per heavy atom. The molecule has 0 saturated heterocycles. The third-order valence-corrected chi connectivity index (χ3v) is 5.80. The first-order valence-electron chi connectivity index (χ1n) is 9.76. The minimum absolute atomic E-state index is 0.227. The zero-order valence-corrected chi connectivity index (χ0v) is 15.9. The average molecular weight is 395 g/mol.